The van der Waals surface area contributed by atoms with Crippen LogP contribution in [0.15, 0.2) is 36.5 Å². The molecule has 0 nitrogen and oxygen atoms in total. The molecule has 0 amide bonds. The van der Waals surface area contributed by atoms with Crippen LogP contribution in [-0.4, -0.2) is 12.4 Å². The summed E-state index contributed by atoms with van der Waals surface area (Å²) in [4.78, 5) is 0. The van der Waals surface area contributed by atoms with Gasteiger partial charge in [-0.3, -0.25) is 0 Å². The summed E-state index contributed by atoms with van der Waals surface area (Å²) in [5.74, 6) is 0. The fourth-order valence-corrected chi connectivity index (χ4v) is 0.526. The molecule has 80 valence electrons. The molecule has 0 radical (unpaired) electrons. The van der Waals surface area contributed by atoms with Gasteiger partial charge in [0.25, 0.3) is 0 Å². The molecule has 0 atom stereocenters. The number of rotatable bonds is 2. The average molecular weight is 216 g/mol. The van der Waals surface area contributed by atoms with Gasteiger partial charge in [-0.05, 0) is 6.08 Å². The van der Waals surface area contributed by atoms with Crippen molar-refractivity contribution in [1.29, 1.82) is 0 Å². The van der Waals surface area contributed by atoms with Crippen molar-refractivity contribution >= 4 is 0 Å². The summed E-state index contributed by atoms with van der Waals surface area (Å²) in [5, 5.41) is 0. The van der Waals surface area contributed by atoms with Gasteiger partial charge in [0, 0.05) is 5.57 Å². The first-order valence-electron chi connectivity index (χ1n) is 3.26. The lowest BCUT2D eigenvalue weighted by Crippen LogP contribution is -2.14. The van der Waals surface area contributed by atoms with Crippen LogP contribution in [0.2, 0.25) is 0 Å². The predicted molar refractivity (Wildman–Crippen MR) is 39.5 cm³/mol. The normalized spacial score (nSPS) is 14.0. The summed E-state index contributed by atoms with van der Waals surface area (Å²) < 4.78 is 71.1. The third-order valence-electron chi connectivity index (χ3n) is 1.24. The Morgan fingerprint density at radius 2 is 1.36 bits per heavy atom. The van der Waals surface area contributed by atoms with E-state index in [1.165, 1.54) is 0 Å². The smallest absolute Gasteiger partial charge is 0.166 e. The van der Waals surface area contributed by atoms with Gasteiger partial charge in [-0.15, -0.1) is 0 Å². The second kappa shape index (κ2) is 3.89. The molecule has 0 fully saturated rings. The Morgan fingerprint density at radius 3 is 1.57 bits per heavy atom. The third-order valence-corrected chi connectivity index (χ3v) is 1.24. The van der Waals surface area contributed by atoms with Gasteiger partial charge in [-0.2, -0.15) is 26.3 Å². The molecule has 0 N–H and O–H groups in total. The van der Waals surface area contributed by atoms with E-state index < -0.39 is 23.5 Å². The Hall–Kier alpha value is -1.20. The first-order valence-corrected chi connectivity index (χ1v) is 3.26. The van der Waals surface area contributed by atoms with E-state index in [1.807, 2.05) is 0 Å². The Balaban J connectivity index is 4.98. The van der Waals surface area contributed by atoms with E-state index in [9.17, 15) is 26.3 Å². The number of hydrogen-bond acceptors (Lipinski definition) is 0. The first kappa shape index (κ1) is 12.8. The molecule has 0 unspecified atom stereocenters. The van der Waals surface area contributed by atoms with Gasteiger partial charge in [0.1, 0.15) is 0 Å². The molecular formula is C8H6F6. The molecule has 0 saturated heterocycles. The van der Waals surface area contributed by atoms with Crippen molar-refractivity contribution in [2.24, 2.45) is 0 Å². The molecule has 0 aliphatic rings. The zero-order valence-corrected chi connectivity index (χ0v) is 6.84. The fourth-order valence-electron chi connectivity index (χ4n) is 0.526. The van der Waals surface area contributed by atoms with Gasteiger partial charge in [-0.1, -0.05) is 19.2 Å². The number of alkyl halides is 6. The molecule has 0 spiro atoms. The highest BCUT2D eigenvalue weighted by molar-refractivity contribution is 5.33. The highest BCUT2D eigenvalue weighted by atomic mass is 19.4. The monoisotopic (exact) mass is 216 g/mol. The zero-order chi connectivity index (χ0) is 11.6. The Kier molecular flexibility index (Phi) is 3.56. The van der Waals surface area contributed by atoms with Crippen molar-refractivity contribution in [1.82, 2.24) is 0 Å². The van der Waals surface area contributed by atoms with Crippen molar-refractivity contribution in [3.8, 4) is 0 Å². The van der Waals surface area contributed by atoms with Crippen LogP contribution in [0.1, 0.15) is 0 Å². The lowest BCUT2D eigenvalue weighted by Gasteiger charge is -2.10. The Labute approximate surface area is 76.2 Å². The van der Waals surface area contributed by atoms with Crippen molar-refractivity contribution in [2.75, 3.05) is 0 Å². The molecule has 0 bridgehead atoms. The van der Waals surface area contributed by atoms with E-state index in [4.69, 9.17) is 0 Å². The van der Waals surface area contributed by atoms with Crippen LogP contribution in [0, 0.1) is 0 Å². The van der Waals surface area contributed by atoms with Crippen LogP contribution in [-0.2, 0) is 0 Å². The maximum atomic E-state index is 11.9. The largest absolute Gasteiger partial charge is 0.416 e. The van der Waals surface area contributed by atoms with Crippen LogP contribution in [0.25, 0.3) is 0 Å². The standard InChI is InChI=1S/C8H6F6/c1-3-6(8(12,13)14)4-5(2)7(9,10)11/h3-4H,1-2H2/b6-4+. The van der Waals surface area contributed by atoms with Crippen molar-refractivity contribution in [3.05, 3.63) is 36.5 Å². The van der Waals surface area contributed by atoms with Crippen molar-refractivity contribution in [2.45, 2.75) is 12.4 Å². The summed E-state index contributed by atoms with van der Waals surface area (Å²) in [6.07, 6.45) is -9.50. The zero-order valence-electron chi connectivity index (χ0n) is 6.84. The number of allylic oxidation sites excluding steroid dienone is 4. The first-order chi connectivity index (χ1) is 6.09. The van der Waals surface area contributed by atoms with E-state index in [-0.39, 0.29) is 6.08 Å². The maximum absolute atomic E-state index is 11.9. The second-order valence-electron chi connectivity index (χ2n) is 2.32. The molecule has 0 aliphatic carbocycles. The van der Waals surface area contributed by atoms with E-state index in [2.05, 4.69) is 13.2 Å². The molecule has 0 aromatic carbocycles. The fraction of sp³-hybridized carbons (Fsp3) is 0.250. The van der Waals surface area contributed by atoms with Crippen molar-refractivity contribution < 1.29 is 26.3 Å². The van der Waals surface area contributed by atoms with Crippen LogP contribution < -0.4 is 0 Å². The van der Waals surface area contributed by atoms with E-state index in [0.29, 0.717) is 6.08 Å². The summed E-state index contributed by atoms with van der Waals surface area (Å²) in [7, 11) is 0. The Bertz CT molecular complexity index is 265. The highest BCUT2D eigenvalue weighted by Crippen LogP contribution is 2.31. The molecule has 6 heteroatoms. The Morgan fingerprint density at radius 1 is 0.929 bits per heavy atom. The maximum Gasteiger partial charge on any atom is 0.416 e. The highest BCUT2D eigenvalue weighted by Gasteiger charge is 2.36. The summed E-state index contributed by atoms with van der Waals surface area (Å²) >= 11 is 0. The van der Waals surface area contributed by atoms with Gasteiger partial charge < -0.3 is 0 Å². The van der Waals surface area contributed by atoms with Crippen LogP contribution in [0.3, 0.4) is 0 Å². The van der Waals surface area contributed by atoms with Crippen molar-refractivity contribution in [3.63, 3.8) is 0 Å². The third kappa shape index (κ3) is 3.67. The molecule has 0 saturated carbocycles. The summed E-state index contributed by atoms with van der Waals surface area (Å²) in [6.45, 7) is 5.24. The van der Waals surface area contributed by atoms with Crippen LogP contribution in [0.4, 0.5) is 26.3 Å². The second-order valence-corrected chi connectivity index (χ2v) is 2.32. The summed E-state index contributed by atoms with van der Waals surface area (Å²) in [5.41, 5.74) is -3.04. The van der Waals surface area contributed by atoms with E-state index in [1.54, 1.807) is 0 Å². The lowest BCUT2D eigenvalue weighted by atomic mass is 10.1. The average Bonchev–Trinajstić information content (AvgIpc) is 1.95. The van der Waals surface area contributed by atoms with Gasteiger partial charge in [0.05, 0.1) is 5.57 Å². The topological polar surface area (TPSA) is 0 Å². The molecule has 0 aliphatic heterocycles. The molecule has 0 rings (SSSR count). The number of halogens is 6. The molecule has 14 heavy (non-hydrogen) atoms. The summed E-state index contributed by atoms with van der Waals surface area (Å²) in [6, 6.07) is 0. The molecular weight excluding hydrogens is 210 g/mol. The minimum absolute atomic E-state index is 0.0903. The predicted octanol–water partition coefficient (Wildman–Crippen LogP) is 3.78. The van der Waals surface area contributed by atoms with E-state index >= 15 is 0 Å². The SMILES string of the molecule is C=C/C(=C\C(=C)C(F)(F)F)C(F)(F)F. The molecule has 0 heterocycles. The molecule has 0 aromatic rings. The number of hydrogen-bond donors (Lipinski definition) is 0. The van der Waals surface area contributed by atoms with Gasteiger partial charge in [-0.25, -0.2) is 0 Å². The van der Waals surface area contributed by atoms with Gasteiger partial charge in [0.2, 0.25) is 0 Å². The minimum Gasteiger partial charge on any atom is -0.166 e. The van der Waals surface area contributed by atoms with Crippen LogP contribution >= 0.6 is 0 Å². The lowest BCUT2D eigenvalue weighted by molar-refractivity contribution is -0.0931. The van der Waals surface area contributed by atoms with Gasteiger partial charge >= 0.3 is 12.4 Å². The van der Waals surface area contributed by atoms with Gasteiger partial charge in [0.15, 0.2) is 0 Å². The minimum atomic E-state index is -4.86. The van der Waals surface area contributed by atoms with Crippen LogP contribution in [0.5, 0.6) is 0 Å². The van der Waals surface area contributed by atoms with E-state index in [0.717, 1.165) is 0 Å². The quantitative estimate of drug-likeness (QED) is 0.486. The molecule has 0 aromatic heterocycles.